The van der Waals surface area contributed by atoms with Crippen LogP contribution in [0.5, 0.6) is 11.5 Å². The lowest BCUT2D eigenvalue weighted by atomic mass is 10.0. The van der Waals surface area contributed by atoms with E-state index in [-0.39, 0.29) is 31.6 Å². The molecule has 3 aromatic carbocycles. The first-order valence-corrected chi connectivity index (χ1v) is 12.6. The van der Waals surface area contributed by atoms with Gasteiger partial charge in [-0.2, -0.15) is 0 Å². The Morgan fingerprint density at radius 3 is 2.63 bits per heavy atom. The number of ether oxygens (including phenoxy) is 2. The average Bonchev–Trinajstić information content (AvgIpc) is 3.52. The molecule has 4 aromatic rings. The second kappa shape index (κ2) is 11.0. The molecular formula is C30H31N3O5. The Labute approximate surface area is 221 Å². The van der Waals surface area contributed by atoms with Crippen molar-refractivity contribution >= 4 is 28.4 Å². The summed E-state index contributed by atoms with van der Waals surface area (Å²) < 4.78 is 10.9. The lowest BCUT2D eigenvalue weighted by Gasteiger charge is -2.25. The van der Waals surface area contributed by atoms with Crippen LogP contribution in [0.2, 0.25) is 0 Å². The highest BCUT2D eigenvalue weighted by Gasteiger charge is 2.27. The Balaban J connectivity index is 1.38. The molecule has 1 aliphatic heterocycles. The maximum Gasteiger partial charge on any atom is 0.249 e. The van der Waals surface area contributed by atoms with Gasteiger partial charge in [-0.3, -0.25) is 9.59 Å². The lowest BCUT2D eigenvalue weighted by Crippen LogP contribution is -2.49. The number of carbonyl (C=O) groups is 2. The first kappa shape index (κ1) is 25.4. The van der Waals surface area contributed by atoms with E-state index in [1.54, 1.807) is 25.2 Å². The van der Waals surface area contributed by atoms with Gasteiger partial charge in [-0.1, -0.05) is 48.5 Å². The molecule has 0 bridgehead atoms. The number of aliphatic hydroxyl groups excluding tert-OH is 1. The normalized spacial score (nSPS) is 12.9. The van der Waals surface area contributed by atoms with Crippen LogP contribution >= 0.6 is 0 Å². The molecular weight excluding hydrogens is 482 g/mol. The maximum atomic E-state index is 13.7. The molecule has 1 aliphatic rings. The number of nitrogens with one attached hydrogen (secondary N) is 2. The van der Waals surface area contributed by atoms with Crippen LogP contribution in [-0.2, 0) is 28.9 Å². The van der Waals surface area contributed by atoms with Crippen molar-refractivity contribution in [2.45, 2.75) is 32.2 Å². The van der Waals surface area contributed by atoms with Crippen LogP contribution in [0, 0.1) is 6.92 Å². The van der Waals surface area contributed by atoms with Gasteiger partial charge in [-0.15, -0.1) is 0 Å². The van der Waals surface area contributed by atoms with Gasteiger partial charge in [0, 0.05) is 48.4 Å². The summed E-state index contributed by atoms with van der Waals surface area (Å²) in [7, 11) is 1.69. The van der Waals surface area contributed by atoms with Gasteiger partial charge in [0.15, 0.2) is 11.5 Å². The predicted octanol–water partition coefficient (Wildman–Crippen LogP) is 3.67. The van der Waals surface area contributed by atoms with Gasteiger partial charge in [0.25, 0.3) is 0 Å². The van der Waals surface area contributed by atoms with Crippen molar-refractivity contribution in [3.63, 3.8) is 0 Å². The van der Waals surface area contributed by atoms with E-state index < -0.39 is 6.04 Å². The summed E-state index contributed by atoms with van der Waals surface area (Å²) in [5.41, 5.74) is 5.30. The molecule has 8 nitrogen and oxygen atoms in total. The molecule has 3 N–H and O–H groups in total. The Hall–Kier alpha value is -4.30. The van der Waals surface area contributed by atoms with Crippen molar-refractivity contribution in [3.8, 4) is 11.5 Å². The summed E-state index contributed by atoms with van der Waals surface area (Å²) in [6.45, 7) is 2.14. The number of hydrogen-bond acceptors (Lipinski definition) is 5. The first-order valence-electron chi connectivity index (χ1n) is 12.6. The minimum Gasteiger partial charge on any atom is -0.454 e. The van der Waals surface area contributed by atoms with E-state index in [2.05, 4.69) is 10.3 Å². The number of anilines is 1. The quantitative estimate of drug-likeness (QED) is 0.317. The zero-order valence-corrected chi connectivity index (χ0v) is 21.5. The molecule has 2 heterocycles. The summed E-state index contributed by atoms with van der Waals surface area (Å²) in [4.78, 5) is 32.0. The molecule has 1 aromatic heterocycles. The molecule has 1 unspecified atom stereocenters. The minimum absolute atomic E-state index is 0.0488. The number of nitrogens with zero attached hydrogens (tertiary/aromatic N) is 1. The third-order valence-electron chi connectivity index (χ3n) is 6.95. The van der Waals surface area contributed by atoms with Crippen molar-refractivity contribution in [3.05, 3.63) is 89.1 Å². The summed E-state index contributed by atoms with van der Waals surface area (Å²) in [5.74, 6) is 0.748. The number of para-hydroxylation sites is 1. The fourth-order valence-corrected chi connectivity index (χ4v) is 4.93. The third-order valence-corrected chi connectivity index (χ3v) is 6.95. The fourth-order valence-electron chi connectivity index (χ4n) is 4.93. The molecule has 38 heavy (non-hydrogen) atoms. The summed E-state index contributed by atoms with van der Waals surface area (Å²) in [6, 6.07) is 20.1. The Morgan fingerprint density at radius 2 is 1.84 bits per heavy atom. The predicted molar refractivity (Wildman–Crippen MR) is 146 cm³/mol. The number of H-pyrrole nitrogens is 1. The van der Waals surface area contributed by atoms with Crippen LogP contribution in [-0.4, -0.2) is 48.4 Å². The van der Waals surface area contributed by atoms with E-state index in [1.165, 1.54) is 4.90 Å². The number of aryl methyl sites for hydroxylation is 1. The number of carbonyl (C=O) groups excluding carboxylic acids is 2. The van der Waals surface area contributed by atoms with Gasteiger partial charge in [0.05, 0.1) is 6.42 Å². The van der Waals surface area contributed by atoms with Crippen molar-refractivity contribution in [2.24, 2.45) is 0 Å². The second-order valence-corrected chi connectivity index (χ2v) is 9.46. The van der Waals surface area contributed by atoms with Crippen LogP contribution in [0.15, 0.2) is 66.7 Å². The average molecular weight is 514 g/mol. The molecule has 1 atom stereocenters. The smallest absolute Gasteiger partial charge is 0.249 e. The molecule has 2 amide bonds. The van der Waals surface area contributed by atoms with Crippen LogP contribution in [0.3, 0.4) is 0 Å². The van der Waals surface area contributed by atoms with E-state index in [0.717, 1.165) is 33.3 Å². The molecule has 0 saturated heterocycles. The van der Waals surface area contributed by atoms with Crippen molar-refractivity contribution in [2.75, 3.05) is 25.3 Å². The van der Waals surface area contributed by atoms with E-state index in [9.17, 15) is 14.7 Å². The van der Waals surface area contributed by atoms with E-state index in [4.69, 9.17) is 9.47 Å². The molecule has 0 spiro atoms. The van der Waals surface area contributed by atoms with Gasteiger partial charge in [0.1, 0.15) is 6.04 Å². The standard InChI is InChI=1S/C30H31N3O5/c1-19-24(23-10-6-9-21(13-14-34)29(23)31-19)17-28(35)32-25(15-20-7-4-3-5-8-20)30(36)33(2)22-11-12-26-27(16-22)38-18-37-26/h3-12,16,25,31,34H,13-15,17-18H2,1-2H3,(H,32,35). The largest absolute Gasteiger partial charge is 0.454 e. The number of amides is 2. The van der Waals surface area contributed by atoms with Crippen molar-refractivity contribution < 1.29 is 24.2 Å². The Morgan fingerprint density at radius 1 is 1.05 bits per heavy atom. The molecule has 196 valence electrons. The lowest BCUT2D eigenvalue weighted by molar-refractivity contribution is -0.127. The van der Waals surface area contributed by atoms with Crippen LogP contribution < -0.4 is 19.7 Å². The number of rotatable bonds is 9. The maximum absolute atomic E-state index is 13.7. The van der Waals surface area contributed by atoms with E-state index in [1.807, 2.05) is 55.5 Å². The molecule has 5 rings (SSSR count). The molecule has 0 fully saturated rings. The fraction of sp³-hybridized carbons (Fsp3) is 0.267. The van der Waals surface area contributed by atoms with Gasteiger partial charge in [-0.25, -0.2) is 0 Å². The number of fused-ring (bicyclic) bond motifs is 2. The molecule has 0 saturated carbocycles. The highest BCUT2D eigenvalue weighted by Crippen LogP contribution is 2.35. The van der Waals surface area contributed by atoms with Gasteiger partial charge < -0.3 is 29.8 Å². The number of aromatic nitrogens is 1. The van der Waals surface area contributed by atoms with Crippen LogP contribution in [0.1, 0.15) is 22.4 Å². The van der Waals surface area contributed by atoms with Crippen LogP contribution in [0.25, 0.3) is 10.9 Å². The van der Waals surface area contributed by atoms with E-state index in [0.29, 0.717) is 30.0 Å². The second-order valence-electron chi connectivity index (χ2n) is 9.46. The van der Waals surface area contributed by atoms with Gasteiger partial charge in [-0.05, 0) is 42.2 Å². The Bertz CT molecular complexity index is 1460. The number of aromatic amines is 1. The topological polar surface area (TPSA) is 104 Å². The molecule has 0 aliphatic carbocycles. The number of aliphatic hydroxyl groups is 1. The zero-order valence-electron chi connectivity index (χ0n) is 21.5. The third kappa shape index (κ3) is 5.21. The highest BCUT2D eigenvalue weighted by atomic mass is 16.7. The highest BCUT2D eigenvalue weighted by molar-refractivity contribution is 6.00. The van der Waals surface area contributed by atoms with Crippen molar-refractivity contribution in [1.82, 2.24) is 10.3 Å². The summed E-state index contributed by atoms with van der Waals surface area (Å²) >= 11 is 0. The van der Waals surface area contributed by atoms with Crippen molar-refractivity contribution in [1.29, 1.82) is 0 Å². The van der Waals surface area contributed by atoms with Crippen LogP contribution in [0.4, 0.5) is 5.69 Å². The monoisotopic (exact) mass is 513 g/mol. The SMILES string of the molecule is Cc1[nH]c2c(CCO)cccc2c1CC(=O)NC(Cc1ccccc1)C(=O)N(C)c1ccc2c(c1)OCO2. The zero-order chi connectivity index (χ0) is 26.6. The number of likely N-dealkylation sites (N-methyl/N-ethyl adjacent to an activating group) is 1. The van der Waals surface area contributed by atoms with E-state index >= 15 is 0 Å². The summed E-state index contributed by atoms with van der Waals surface area (Å²) in [6.07, 6.45) is 1.01. The minimum atomic E-state index is -0.768. The number of benzene rings is 3. The Kier molecular flexibility index (Phi) is 7.33. The number of hydrogen-bond donors (Lipinski definition) is 3. The van der Waals surface area contributed by atoms with Gasteiger partial charge >= 0.3 is 0 Å². The molecule has 0 radical (unpaired) electrons. The first-order chi connectivity index (χ1) is 18.4. The molecule has 8 heteroatoms. The van der Waals surface area contributed by atoms with Gasteiger partial charge in [0.2, 0.25) is 18.6 Å². The summed E-state index contributed by atoms with van der Waals surface area (Å²) in [5, 5.41) is 13.4.